The minimum Gasteiger partial charge on any atom is -0.388 e. The highest BCUT2D eigenvalue weighted by Gasteiger charge is 2.61. The van der Waals surface area contributed by atoms with E-state index in [-0.39, 0.29) is 12.6 Å². The Balaban J connectivity index is 1.32. The number of carbonyl (C=O) groups is 1. The van der Waals surface area contributed by atoms with Crippen LogP contribution in [0.4, 0.5) is 5.82 Å². The first-order valence-corrected chi connectivity index (χ1v) is 18.3. The Bertz CT molecular complexity index is 1700. The fourth-order valence-corrected chi connectivity index (χ4v) is 10.1. The summed E-state index contributed by atoms with van der Waals surface area (Å²) in [6, 6.07) is -0.292. The number of hydrogen-bond donors (Lipinski definition) is 2. The predicted molar refractivity (Wildman–Crippen MR) is 182 cm³/mol. The van der Waals surface area contributed by atoms with E-state index in [1.165, 1.54) is 0 Å². The number of piperidine rings is 1. The van der Waals surface area contributed by atoms with Crippen molar-refractivity contribution in [3.63, 3.8) is 0 Å². The lowest BCUT2D eigenvalue weighted by atomic mass is 9.61. The molecular weight excluding hydrogens is 715 g/mol. The number of amides is 1. The Kier molecular flexibility index (Phi) is 7.86. The van der Waals surface area contributed by atoms with Crippen LogP contribution in [0.3, 0.4) is 0 Å². The van der Waals surface area contributed by atoms with E-state index in [4.69, 9.17) is 40.0 Å². The molecule has 0 bridgehead atoms. The van der Waals surface area contributed by atoms with Gasteiger partial charge in [0.1, 0.15) is 15.6 Å². The van der Waals surface area contributed by atoms with Crippen LogP contribution in [0.1, 0.15) is 95.4 Å². The van der Waals surface area contributed by atoms with Crippen molar-refractivity contribution in [3.8, 4) is 11.5 Å². The van der Waals surface area contributed by atoms with E-state index >= 15 is 0 Å². The van der Waals surface area contributed by atoms with Crippen molar-refractivity contribution in [2.45, 2.75) is 119 Å². The summed E-state index contributed by atoms with van der Waals surface area (Å²) in [6.45, 7) is 6.40. The molecule has 4 fully saturated rings. The molecule has 5 aliphatic rings. The normalized spacial score (nSPS) is 31.6. The van der Waals surface area contributed by atoms with E-state index in [2.05, 4.69) is 41.5 Å². The fraction of sp³-hybridized carbons (Fsp3) is 0.727. The zero-order chi connectivity index (χ0) is 32.7. The minimum absolute atomic E-state index is 0.0359. The van der Waals surface area contributed by atoms with Crippen molar-refractivity contribution >= 4 is 45.3 Å². The Morgan fingerprint density at radius 3 is 2.60 bits per heavy atom. The number of halogens is 1. The average Bonchev–Trinajstić information content (AvgIpc) is 3.85. The summed E-state index contributed by atoms with van der Waals surface area (Å²) >= 11 is 2.25. The highest BCUT2D eigenvalue weighted by Crippen LogP contribution is 2.57. The first-order chi connectivity index (χ1) is 22.5. The molecule has 3 aliphatic heterocycles. The van der Waals surface area contributed by atoms with Crippen LogP contribution in [0, 0.1) is 3.70 Å². The fourth-order valence-electron chi connectivity index (χ4n) is 9.43. The molecule has 2 spiro atoms. The molecule has 0 unspecified atom stereocenters. The molecule has 2 aliphatic carbocycles. The molecule has 254 valence electrons. The largest absolute Gasteiger partial charge is 0.388 e. The number of likely N-dealkylation sites (N-methyl/N-ethyl adjacent to an activating group) is 1. The van der Waals surface area contributed by atoms with Crippen LogP contribution < -0.4 is 10.6 Å². The van der Waals surface area contributed by atoms with Crippen LogP contribution in [-0.4, -0.2) is 97.6 Å². The van der Waals surface area contributed by atoms with Crippen molar-refractivity contribution in [3.05, 3.63) is 15.0 Å². The van der Waals surface area contributed by atoms with E-state index in [1.54, 1.807) is 6.92 Å². The summed E-state index contributed by atoms with van der Waals surface area (Å²) in [4.78, 5) is 27.5. The van der Waals surface area contributed by atoms with Crippen molar-refractivity contribution in [2.24, 2.45) is 5.73 Å². The van der Waals surface area contributed by atoms with Gasteiger partial charge in [0.25, 0.3) is 0 Å². The molecule has 5 atom stereocenters. The molecule has 3 saturated heterocycles. The van der Waals surface area contributed by atoms with Gasteiger partial charge in [-0.15, -0.1) is 0 Å². The molecule has 8 rings (SSSR count). The summed E-state index contributed by atoms with van der Waals surface area (Å²) in [5, 5.41) is 21.8. The number of nitrogens with zero attached hydrogens (tertiary/aromatic N) is 7. The van der Waals surface area contributed by atoms with Crippen LogP contribution in [0.2, 0.25) is 0 Å². The van der Waals surface area contributed by atoms with E-state index in [1.807, 2.05) is 9.58 Å². The van der Waals surface area contributed by atoms with E-state index in [0.717, 1.165) is 84.7 Å². The van der Waals surface area contributed by atoms with E-state index < -0.39 is 28.8 Å². The van der Waals surface area contributed by atoms with Gasteiger partial charge in [-0.25, -0.2) is 14.6 Å². The first-order valence-electron chi connectivity index (χ1n) is 17.3. The van der Waals surface area contributed by atoms with Gasteiger partial charge < -0.3 is 34.6 Å². The average molecular weight is 761 g/mol. The summed E-state index contributed by atoms with van der Waals surface area (Å²) in [5.74, 6) is 0.655. The lowest BCUT2D eigenvalue weighted by Gasteiger charge is -2.50. The Morgan fingerprint density at radius 2 is 1.85 bits per heavy atom. The number of β-amino-alcohol motifs (C(OH)–C–C–N with tert-alkyl or cyclic N) is 1. The number of aromatic nitrogens is 5. The van der Waals surface area contributed by atoms with Gasteiger partial charge in [-0.2, -0.15) is 5.10 Å². The smallest absolute Gasteiger partial charge is 0.240 e. The second kappa shape index (κ2) is 11.6. The number of likely N-dealkylation sites (tertiary alicyclic amines) is 1. The molecule has 13 nitrogen and oxygen atoms in total. The molecule has 1 saturated carbocycles. The third-order valence-corrected chi connectivity index (χ3v) is 12.5. The maximum Gasteiger partial charge on any atom is 0.240 e. The summed E-state index contributed by atoms with van der Waals surface area (Å²) < 4.78 is 21.9. The number of aliphatic hydroxyl groups is 1. The van der Waals surface area contributed by atoms with Crippen LogP contribution in [-0.2, 0) is 26.1 Å². The molecule has 6 heterocycles. The van der Waals surface area contributed by atoms with Gasteiger partial charge in [0.05, 0.1) is 35.7 Å². The van der Waals surface area contributed by atoms with Crippen LogP contribution >= 0.6 is 22.6 Å². The van der Waals surface area contributed by atoms with Gasteiger partial charge in [0.2, 0.25) is 5.91 Å². The monoisotopic (exact) mass is 760 g/mol. The molecule has 3 N–H and O–H groups in total. The zero-order valence-corrected chi connectivity index (χ0v) is 29.7. The first kappa shape index (κ1) is 31.8. The number of rotatable bonds is 5. The number of fused-ring (bicyclic) bond motifs is 4. The van der Waals surface area contributed by atoms with Crippen molar-refractivity contribution in [1.29, 1.82) is 0 Å². The minimum atomic E-state index is -1.03. The van der Waals surface area contributed by atoms with E-state index in [9.17, 15) is 9.90 Å². The van der Waals surface area contributed by atoms with Gasteiger partial charge in [-0.1, -0.05) is 11.6 Å². The molecule has 47 heavy (non-hydrogen) atoms. The van der Waals surface area contributed by atoms with Gasteiger partial charge >= 0.3 is 0 Å². The molecule has 3 aromatic heterocycles. The van der Waals surface area contributed by atoms with Gasteiger partial charge in [-0.3, -0.25) is 4.79 Å². The Hall–Kier alpha value is -2.40. The number of carbonyl (C=O) groups excluding carboxylic acids is 1. The topological polar surface area (TPSA) is 158 Å². The molecule has 14 heteroatoms. The lowest BCUT2D eigenvalue weighted by molar-refractivity contribution is -0.235. The predicted octanol–water partition coefficient (Wildman–Crippen LogP) is 3.84. The molecule has 0 radical (unpaired) electrons. The van der Waals surface area contributed by atoms with Crippen molar-refractivity contribution < 1.29 is 23.9 Å². The number of hydrogen-bond acceptors (Lipinski definition) is 11. The lowest BCUT2D eigenvalue weighted by Crippen LogP contribution is -2.56. The summed E-state index contributed by atoms with van der Waals surface area (Å²) in [6.07, 6.45) is 9.62. The third-order valence-electron chi connectivity index (χ3n) is 11.8. The van der Waals surface area contributed by atoms with Crippen molar-refractivity contribution in [2.75, 3.05) is 38.3 Å². The second-order valence-corrected chi connectivity index (χ2v) is 15.8. The zero-order valence-electron chi connectivity index (χ0n) is 27.5. The molecule has 1 amide bonds. The summed E-state index contributed by atoms with van der Waals surface area (Å²) in [7, 11) is 2.16. The molecular formula is C33H45IN8O5. The molecule has 3 aromatic rings. The van der Waals surface area contributed by atoms with Crippen LogP contribution in [0.15, 0.2) is 4.52 Å². The van der Waals surface area contributed by atoms with Crippen molar-refractivity contribution in [1.82, 2.24) is 29.8 Å². The maximum atomic E-state index is 12.9. The number of anilines is 1. The quantitative estimate of drug-likeness (QED) is 0.365. The maximum absolute atomic E-state index is 12.9. The van der Waals surface area contributed by atoms with Crippen LogP contribution in [0.5, 0.6) is 0 Å². The number of ether oxygens (including phenoxy) is 2. The highest BCUT2D eigenvalue weighted by molar-refractivity contribution is 14.1. The van der Waals surface area contributed by atoms with Gasteiger partial charge in [0, 0.05) is 24.6 Å². The highest BCUT2D eigenvalue weighted by atomic mass is 127. The van der Waals surface area contributed by atoms with Gasteiger partial charge in [-0.05, 0) is 108 Å². The number of nitrogens with two attached hydrogens (primary N) is 1. The van der Waals surface area contributed by atoms with Gasteiger partial charge in [0.15, 0.2) is 28.7 Å². The number of primary amides is 1. The summed E-state index contributed by atoms with van der Waals surface area (Å²) in [5.41, 5.74) is 6.84. The Morgan fingerprint density at radius 1 is 1.09 bits per heavy atom. The third kappa shape index (κ3) is 4.94. The van der Waals surface area contributed by atoms with Crippen LogP contribution in [0.25, 0.3) is 22.6 Å². The SMILES string of the molecule is C[C@@H]([C@@H]1CCCN1C)n1nc(I)c2c(N3C[C@](C)(O)CC[C@@H]3C(N)=O)nc(-c3noc4c3CCC[C@@]43CCCCC34OCCO4)nc21. The standard InChI is InChI=1S/C33H45IN8O5/c1-19(21-9-7-15-40(21)3)42-30-23(26(34)38-42)29(41-18-31(2,44)14-10-22(41)27(35)43)36-28(37-30)24-20-8-6-12-32(25(20)47-39-24)11-4-5-13-33(32)45-16-17-46-33/h19,21-22,44H,4-18H2,1-3H3,(H2,35,43)/t19-,21-,22+,31+,32-/m0/s1. The second-order valence-electron chi connectivity index (χ2n) is 14.7. The molecule has 0 aromatic carbocycles. The Labute approximate surface area is 288 Å². The van der Waals surface area contributed by atoms with E-state index in [0.29, 0.717) is 55.1 Å².